The predicted molar refractivity (Wildman–Crippen MR) is 113 cm³/mol. The van der Waals surface area contributed by atoms with Crippen molar-refractivity contribution in [1.82, 2.24) is 0 Å². The number of carbonyl (C=O) groups excluding carboxylic acids is 4. The van der Waals surface area contributed by atoms with Crippen LogP contribution in [0, 0.1) is 0 Å². The van der Waals surface area contributed by atoms with Crippen molar-refractivity contribution in [2.45, 2.75) is 96.2 Å². The van der Waals surface area contributed by atoms with Crippen LogP contribution in [0.25, 0.3) is 0 Å². The second kappa shape index (κ2) is 23.6. The molecular formula is C20H36O10Sn2. The molecule has 0 aliphatic carbocycles. The van der Waals surface area contributed by atoms with Crippen LogP contribution in [0.1, 0.15) is 65.2 Å². The van der Waals surface area contributed by atoms with Gasteiger partial charge in [-0.3, -0.25) is 0 Å². The maximum atomic E-state index is 10.4. The third-order valence-corrected chi connectivity index (χ3v) is 3.52. The number of aliphatic hydroxyl groups is 2. The standard InChI is InChI=1S/2C8H14O5.4CH3.2Sn/c2*1-2-3-4-8(13,7(11)12)5-6(9)10;;;;;;/h2*13H,2-5H2,1H3,(H,9,10)(H,11,12);4*1H3;;/q;;;;;;2*+2/p-4. The fraction of sp³-hybridized carbons (Fsp3) is 0.800. The monoisotopic (exact) mass is 676 g/mol. The van der Waals surface area contributed by atoms with Gasteiger partial charge in [0.05, 0.1) is 11.9 Å². The van der Waals surface area contributed by atoms with E-state index in [9.17, 15) is 49.8 Å². The molecular weight excluding hydrogens is 638 g/mol. The van der Waals surface area contributed by atoms with Crippen molar-refractivity contribution in [3.8, 4) is 0 Å². The molecule has 0 fully saturated rings. The van der Waals surface area contributed by atoms with Gasteiger partial charge in [0, 0.05) is 24.8 Å². The summed E-state index contributed by atoms with van der Waals surface area (Å²) in [6.45, 7) is 3.60. The van der Waals surface area contributed by atoms with E-state index in [0.717, 1.165) is 0 Å². The number of hydrogen-bond donors (Lipinski definition) is 2. The Labute approximate surface area is 211 Å². The van der Waals surface area contributed by atoms with E-state index in [2.05, 4.69) is 19.8 Å². The Balaban J connectivity index is -0.000000196. The molecule has 0 saturated carbocycles. The van der Waals surface area contributed by atoms with E-state index in [-0.39, 0.29) is 55.1 Å². The number of rotatable bonds is 12. The first-order valence-corrected chi connectivity index (χ1v) is 21.5. The van der Waals surface area contributed by atoms with Crippen molar-refractivity contribution >= 4 is 66.2 Å². The van der Waals surface area contributed by atoms with Crippen LogP contribution in [0.3, 0.4) is 0 Å². The predicted octanol–water partition coefficient (Wildman–Crippen LogP) is -2.83. The summed E-state index contributed by atoms with van der Waals surface area (Å²) in [6.07, 6.45) is 0.102. The van der Waals surface area contributed by atoms with Crippen molar-refractivity contribution in [1.29, 1.82) is 0 Å². The molecule has 0 saturated heterocycles. The zero-order valence-electron chi connectivity index (χ0n) is 19.8. The quantitative estimate of drug-likeness (QED) is 0.204. The normalized spacial score (nSPS) is 12.8. The Kier molecular flexibility index (Phi) is 28.4. The Morgan fingerprint density at radius 2 is 0.875 bits per heavy atom. The zero-order valence-corrected chi connectivity index (χ0v) is 25.5. The molecule has 0 aliphatic rings. The SMILES string of the molecule is CCCCC(O)(CC(=O)[O-])C(=O)[O-].CCCCC(O)(CC(=O)[O-])C(=O)[O-].[CH3][Sn+2][CH3].[CH3][Sn+2][CH3]. The molecule has 2 N–H and O–H groups in total. The van der Waals surface area contributed by atoms with E-state index in [1.165, 1.54) is 0 Å². The summed E-state index contributed by atoms with van der Waals surface area (Å²) in [5.41, 5.74) is -4.57. The Morgan fingerprint density at radius 3 is 1.00 bits per heavy atom. The molecule has 0 aromatic carbocycles. The van der Waals surface area contributed by atoms with Crippen molar-refractivity contribution < 1.29 is 49.8 Å². The van der Waals surface area contributed by atoms with E-state index < -0.39 is 47.9 Å². The summed E-state index contributed by atoms with van der Waals surface area (Å²) in [7, 11) is 0. The molecule has 32 heavy (non-hydrogen) atoms. The van der Waals surface area contributed by atoms with Gasteiger partial charge >= 0.3 is 62.0 Å². The second-order valence-electron chi connectivity index (χ2n) is 6.94. The summed E-state index contributed by atoms with van der Waals surface area (Å²) in [5.74, 6) is -6.71. The van der Waals surface area contributed by atoms with Gasteiger partial charge in [-0.2, -0.15) is 0 Å². The van der Waals surface area contributed by atoms with Gasteiger partial charge < -0.3 is 49.8 Å². The Bertz CT molecular complexity index is 485. The minimum atomic E-state index is -2.28. The maximum absolute atomic E-state index is 10.4. The number of aliphatic carboxylic acids is 4. The molecule has 0 amide bonds. The molecule has 0 aliphatic heterocycles. The van der Waals surface area contributed by atoms with Gasteiger partial charge in [-0.05, 0) is 12.8 Å². The van der Waals surface area contributed by atoms with Crippen LogP contribution in [-0.4, -0.2) is 87.6 Å². The molecule has 12 heteroatoms. The van der Waals surface area contributed by atoms with Crippen LogP contribution in [0.5, 0.6) is 0 Å². The fourth-order valence-corrected chi connectivity index (χ4v) is 1.94. The molecule has 0 heterocycles. The van der Waals surface area contributed by atoms with Gasteiger partial charge in [0.1, 0.15) is 11.2 Å². The molecule has 2 unspecified atom stereocenters. The summed E-state index contributed by atoms with van der Waals surface area (Å²) < 4.78 is 0. The van der Waals surface area contributed by atoms with Crippen LogP contribution in [0.4, 0.5) is 0 Å². The average molecular weight is 674 g/mol. The van der Waals surface area contributed by atoms with Gasteiger partial charge in [0.2, 0.25) is 0 Å². The number of unbranched alkanes of at least 4 members (excludes halogenated alkanes) is 2. The van der Waals surface area contributed by atoms with Crippen molar-refractivity contribution in [2.75, 3.05) is 0 Å². The average Bonchev–Trinajstić information content (AvgIpc) is 2.65. The molecule has 0 aromatic heterocycles. The van der Waals surface area contributed by atoms with Crippen molar-refractivity contribution in [2.24, 2.45) is 0 Å². The number of hydrogen-bond acceptors (Lipinski definition) is 10. The van der Waals surface area contributed by atoms with Crippen LogP contribution in [-0.2, 0) is 19.2 Å². The molecule has 0 bridgehead atoms. The van der Waals surface area contributed by atoms with Crippen molar-refractivity contribution in [3.05, 3.63) is 0 Å². The van der Waals surface area contributed by atoms with Crippen LogP contribution in [0.15, 0.2) is 0 Å². The van der Waals surface area contributed by atoms with E-state index >= 15 is 0 Å². The van der Waals surface area contributed by atoms with E-state index in [1.807, 2.05) is 0 Å². The first-order chi connectivity index (χ1) is 14.7. The van der Waals surface area contributed by atoms with Crippen LogP contribution < -0.4 is 20.4 Å². The summed E-state index contributed by atoms with van der Waals surface area (Å²) in [5, 5.41) is 59.7. The van der Waals surface area contributed by atoms with Gasteiger partial charge in [-0.25, -0.2) is 0 Å². The van der Waals surface area contributed by atoms with Crippen molar-refractivity contribution in [3.63, 3.8) is 0 Å². The summed E-state index contributed by atoms with van der Waals surface area (Å²) in [6, 6.07) is 0. The Hall–Kier alpha value is -0.603. The molecule has 0 aromatic rings. The molecule has 0 rings (SSSR count). The Morgan fingerprint density at radius 1 is 0.656 bits per heavy atom. The molecule has 0 radical (unpaired) electrons. The summed E-state index contributed by atoms with van der Waals surface area (Å²) in [4.78, 5) is 50.2. The van der Waals surface area contributed by atoms with E-state index in [4.69, 9.17) is 0 Å². The van der Waals surface area contributed by atoms with Gasteiger partial charge in [0.25, 0.3) is 0 Å². The number of carboxylic acids is 4. The molecule has 2 atom stereocenters. The number of carbonyl (C=O) groups is 4. The first kappa shape index (κ1) is 38.6. The minimum absolute atomic E-state index is 0.125. The second-order valence-corrected chi connectivity index (χ2v) is 12.7. The van der Waals surface area contributed by atoms with E-state index in [1.54, 1.807) is 13.8 Å². The molecule has 0 spiro atoms. The zero-order chi connectivity index (χ0) is 26.4. The van der Waals surface area contributed by atoms with Gasteiger partial charge in [-0.15, -0.1) is 0 Å². The third-order valence-electron chi connectivity index (χ3n) is 3.52. The topological polar surface area (TPSA) is 201 Å². The molecule has 184 valence electrons. The fourth-order valence-electron chi connectivity index (χ4n) is 1.94. The first-order valence-electron chi connectivity index (χ1n) is 10.1. The van der Waals surface area contributed by atoms with Crippen LogP contribution in [0.2, 0.25) is 19.8 Å². The van der Waals surface area contributed by atoms with Gasteiger partial charge in [0.15, 0.2) is 0 Å². The van der Waals surface area contributed by atoms with Gasteiger partial charge in [-0.1, -0.05) is 39.5 Å². The number of carboxylic acid groups (broad SMARTS) is 4. The third kappa shape index (κ3) is 24.0. The molecule has 10 nitrogen and oxygen atoms in total. The summed E-state index contributed by atoms with van der Waals surface area (Å²) >= 11 is 0.460. The van der Waals surface area contributed by atoms with Crippen LogP contribution >= 0.6 is 0 Å². The van der Waals surface area contributed by atoms with E-state index in [0.29, 0.717) is 25.7 Å².